The van der Waals surface area contributed by atoms with Crippen LogP contribution in [0.15, 0.2) is 11.6 Å². The van der Waals surface area contributed by atoms with Gasteiger partial charge in [0, 0.05) is 58.3 Å². The Morgan fingerprint density at radius 1 is 0.870 bits per heavy atom. The zero-order valence-corrected chi connectivity index (χ0v) is 28.0. The highest BCUT2D eigenvalue weighted by molar-refractivity contribution is 5.89. The molecular weight excluding hydrogens is 604 g/mol. The van der Waals surface area contributed by atoms with Gasteiger partial charge in [-0.1, -0.05) is 33.3 Å². The van der Waals surface area contributed by atoms with Gasteiger partial charge in [-0.15, -0.1) is 0 Å². The topological polar surface area (TPSA) is 170 Å². The van der Waals surface area contributed by atoms with Gasteiger partial charge in [0.15, 0.2) is 17.3 Å². The Labute approximate surface area is 268 Å². The van der Waals surface area contributed by atoms with E-state index >= 15 is 0 Å². The Bertz CT molecular complexity index is 1310. The van der Waals surface area contributed by atoms with Crippen molar-refractivity contribution in [2.75, 3.05) is 0 Å². The predicted molar refractivity (Wildman–Crippen MR) is 157 cm³/mol. The summed E-state index contributed by atoms with van der Waals surface area (Å²) in [6.45, 7) is 13.9. The Morgan fingerprint density at radius 2 is 1.46 bits per heavy atom. The predicted octanol–water partition coefficient (Wildman–Crippen LogP) is 3.28. The highest BCUT2D eigenvalue weighted by Gasteiger charge is 2.87. The molecule has 2 heterocycles. The molecule has 4 rings (SSSR count). The van der Waals surface area contributed by atoms with E-state index in [-0.39, 0.29) is 25.7 Å². The van der Waals surface area contributed by atoms with Crippen LogP contribution in [0.4, 0.5) is 0 Å². The van der Waals surface area contributed by atoms with E-state index in [0.29, 0.717) is 12.0 Å². The van der Waals surface area contributed by atoms with Crippen LogP contribution in [0.3, 0.4) is 0 Å². The van der Waals surface area contributed by atoms with Crippen molar-refractivity contribution in [1.82, 2.24) is 0 Å². The summed E-state index contributed by atoms with van der Waals surface area (Å²) >= 11 is 0. The van der Waals surface area contributed by atoms with E-state index in [1.165, 1.54) is 20.8 Å². The molecule has 4 aliphatic rings. The van der Waals surface area contributed by atoms with Crippen molar-refractivity contribution < 1.29 is 61.9 Å². The number of carbonyl (C=O) groups excluding carboxylic acids is 6. The standard InChI is InChI=1S/C33H46O13/c1-10-12-26(38)44-22-13-16(3)14-24-33(32(9,46-33)30(39)45-24)29(42-20(7)36)27-17(4)21(43-25(37)11-2)15-23(40-18(5)34)31(27,8)28(22)41-19(6)35/h14,17,21-24,27-29H,10-13,15H2,1-9H3/b16-14-/t17-,21-,22-,23-,24-,27+,28+,29+,31-,32-,33-/m0/s1. The summed E-state index contributed by atoms with van der Waals surface area (Å²) < 4.78 is 42.2. The average molecular weight is 651 g/mol. The smallest absolute Gasteiger partial charge is 0.342 e. The molecule has 0 unspecified atom stereocenters. The molecule has 2 saturated heterocycles. The first-order chi connectivity index (χ1) is 21.5. The second-order valence-electron chi connectivity index (χ2n) is 13.3. The van der Waals surface area contributed by atoms with Crippen molar-refractivity contribution in [2.24, 2.45) is 17.3 Å². The van der Waals surface area contributed by atoms with Crippen LogP contribution in [-0.2, 0) is 61.9 Å². The van der Waals surface area contributed by atoms with Crippen LogP contribution in [-0.4, -0.2) is 83.6 Å². The molecule has 0 amide bonds. The molecule has 11 atom stereocenters. The third-order valence-corrected chi connectivity index (χ3v) is 10.00. The molecule has 0 aromatic rings. The number of ether oxygens (including phenoxy) is 7. The highest BCUT2D eigenvalue weighted by atomic mass is 16.7. The molecule has 3 fully saturated rings. The molecule has 0 aromatic heterocycles. The minimum atomic E-state index is -1.53. The molecule has 13 heteroatoms. The first kappa shape index (κ1) is 35.4. The molecule has 2 aliphatic carbocycles. The quantitative estimate of drug-likeness (QED) is 0.162. The van der Waals surface area contributed by atoms with Crippen molar-refractivity contribution in [3.8, 4) is 0 Å². The first-order valence-corrected chi connectivity index (χ1v) is 15.9. The molecule has 46 heavy (non-hydrogen) atoms. The fourth-order valence-corrected chi connectivity index (χ4v) is 7.93. The van der Waals surface area contributed by atoms with Crippen LogP contribution in [0.2, 0.25) is 0 Å². The number of hydrogen-bond acceptors (Lipinski definition) is 13. The van der Waals surface area contributed by atoms with Crippen LogP contribution in [0.5, 0.6) is 0 Å². The molecular formula is C33H46O13. The monoisotopic (exact) mass is 650 g/mol. The molecule has 0 radical (unpaired) electrons. The average Bonchev–Trinajstić information content (AvgIpc) is 3.53. The number of epoxide rings is 1. The minimum Gasteiger partial charge on any atom is -0.462 e. The van der Waals surface area contributed by atoms with Gasteiger partial charge in [0.05, 0.1) is 5.41 Å². The molecule has 2 aliphatic heterocycles. The molecule has 1 saturated carbocycles. The lowest BCUT2D eigenvalue weighted by Gasteiger charge is -2.57. The summed E-state index contributed by atoms with van der Waals surface area (Å²) in [5.41, 5.74) is -3.89. The molecule has 0 aromatic carbocycles. The highest BCUT2D eigenvalue weighted by Crippen LogP contribution is 2.66. The van der Waals surface area contributed by atoms with E-state index in [4.69, 9.17) is 33.2 Å². The zero-order valence-electron chi connectivity index (χ0n) is 28.0. The van der Waals surface area contributed by atoms with Gasteiger partial charge in [0.1, 0.15) is 30.5 Å². The Hall–Kier alpha value is -3.48. The van der Waals surface area contributed by atoms with Crippen molar-refractivity contribution in [3.05, 3.63) is 11.6 Å². The number of rotatable bonds is 8. The van der Waals surface area contributed by atoms with Gasteiger partial charge in [-0.05, 0) is 26.3 Å². The van der Waals surface area contributed by atoms with E-state index in [1.54, 1.807) is 40.7 Å². The van der Waals surface area contributed by atoms with E-state index in [2.05, 4.69) is 0 Å². The Morgan fingerprint density at radius 3 is 2.00 bits per heavy atom. The largest absolute Gasteiger partial charge is 0.462 e. The zero-order chi connectivity index (χ0) is 34.4. The lowest BCUT2D eigenvalue weighted by molar-refractivity contribution is -0.248. The fourth-order valence-electron chi connectivity index (χ4n) is 7.93. The van der Waals surface area contributed by atoms with Gasteiger partial charge < -0.3 is 33.2 Å². The maximum absolute atomic E-state index is 13.3. The lowest BCUT2D eigenvalue weighted by Crippen LogP contribution is -2.68. The van der Waals surface area contributed by atoms with Crippen molar-refractivity contribution in [3.63, 3.8) is 0 Å². The second kappa shape index (κ2) is 13.0. The molecule has 0 bridgehead atoms. The van der Waals surface area contributed by atoms with Gasteiger partial charge in [-0.25, -0.2) is 4.79 Å². The van der Waals surface area contributed by atoms with Crippen LogP contribution in [0.25, 0.3) is 0 Å². The van der Waals surface area contributed by atoms with Gasteiger partial charge >= 0.3 is 35.8 Å². The summed E-state index contributed by atoms with van der Waals surface area (Å²) in [4.78, 5) is 77.5. The normalized spacial score (nSPS) is 40.7. The third kappa shape index (κ3) is 6.02. The van der Waals surface area contributed by atoms with E-state index < -0.39 is 101 Å². The summed E-state index contributed by atoms with van der Waals surface area (Å²) in [5, 5.41) is 0. The van der Waals surface area contributed by atoms with Crippen LogP contribution < -0.4 is 0 Å². The maximum atomic E-state index is 13.3. The second-order valence-corrected chi connectivity index (χ2v) is 13.3. The first-order valence-electron chi connectivity index (χ1n) is 15.9. The lowest BCUT2D eigenvalue weighted by atomic mass is 9.52. The van der Waals surface area contributed by atoms with Gasteiger partial charge in [-0.2, -0.15) is 0 Å². The third-order valence-electron chi connectivity index (χ3n) is 10.00. The molecule has 256 valence electrons. The number of fused-ring (bicyclic) bond motifs is 1. The van der Waals surface area contributed by atoms with Gasteiger partial charge in [0.2, 0.25) is 0 Å². The number of esters is 6. The van der Waals surface area contributed by atoms with E-state index in [1.807, 2.05) is 6.92 Å². The maximum Gasteiger partial charge on any atom is 0.342 e. The minimum absolute atomic E-state index is 0.00151. The Kier molecular flexibility index (Phi) is 9.97. The van der Waals surface area contributed by atoms with Crippen LogP contribution >= 0.6 is 0 Å². The van der Waals surface area contributed by atoms with Gasteiger partial charge in [0.25, 0.3) is 0 Å². The number of carbonyl (C=O) groups is 6. The summed E-state index contributed by atoms with van der Waals surface area (Å²) in [6.07, 6.45) is -4.23. The molecule has 1 spiro atoms. The molecule has 0 N–H and O–H groups in total. The van der Waals surface area contributed by atoms with Crippen LogP contribution in [0, 0.1) is 17.3 Å². The SMILES string of the molecule is CCCC(=O)O[C@H]1C/C(C)=C\[C@@H]2OC(=O)[C@]3(C)O[C@]23[C@H](OC(C)=O)[C@H]2[C@@H](C)[C@@H](OC(=O)CC)C[C@H](OC(C)=O)[C@]2(C)[C@@H]1OC(C)=O. The van der Waals surface area contributed by atoms with E-state index in [9.17, 15) is 28.8 Å². The Balaban J connectivity index is 2.07. The summed E-state index contributed by atoms with van der Waals surface area (Å²) in [7, 11) is 0. The summed E-state index contributed by atoms with van der Waals surface area (Å²) in [6, 6.07) is 0. The van der Waals surface area contributed by atoms with Crippen molar-refractivity contribution in [2.45, 2.75) is 142 Å². The van der Waals surface area contributed by atoms with Crippen molar-refractivity contribution >= 4 is 35.8 Å². The molecule has 13 nitrogen and oxygen atoms in total. The van der Waals surface area contributed by atoms with Crippen molar-refractivity contribution in [1.29, 1.82) is 0 Å². The fraction of sp³-hybridized carbons (Fsp3) is 0.758. The van der Waals surface area contributed by atoms with E-state index in [0.717, 1.165) is 0 Å². The van der Waals surface area contributed by atoms with Gasteiger partial charge in [-0.3, -0.25) is 24.0 Å². The number of hydrogen-bond donors (Lipinski definition) is 0. The van der Waals surface area contributed by atoms with Crippen LogP contribution in [0.1, 0.15) is 94.4 Å². The summed E-state index contributed by atoms with van der Waals surface area (Å²) in [5.74, 6) is -5.39.